The lowest BCUT2D eigenvalue weighted by atomic mass is 9.75. The first-order chi connectivity index (χ1) is 16.6. The van der Waals surface area contributed by atoms with Crippen molar-refractivity contribution in [2.24, 2.45) is 0 Å². The molecule has 0 spiro atoms. The van der Waals surface area contributed by atoms with Crippen LogP contribution in [0.2, 0.25) is 0 Å². The van der Waals surface area contributed by atoms with Gasteiger partial charge in [-0.2, -0.15) is 0 Å². The molecule has 1 amide bonds. The first kappa shape index (κ1) is 25.1. The van der Waals surface area contributed by atoms with E-state index >= 15 is 0 Å². The summed E-state index contributed by atoms with van der Waals surface area (Å²) in [6.45, 7) is 7.86. The first-order valence-corrected chi connectivity index (χ1v) is 12.8. The number of amides is 1. The fourth-order valence-corrected chi connectivity index (χ4v) is 5.35. The Morgan fingerprint density at radius 1 is 1.11 bits per heavy atom. The SMILES string of the molecule is CN(C)CC1(c2cccc(Nc3ncc(-c4ccccc4)s3)n2)CCN(C(=O)OC(C)(C)C)CC1. The van der Waals surface area contributed by atoms with E-state index in [1.54, 1.807) is 11.3 Å². The number of anilines is 2. The van der Waals surface area contributed by atoms with E-state index in [9.17, 15) is 4.79 Å². The molecule has 0 aliphatic carbocycles. The van der Waals surface area contributed by atoms with Crippen LogP contribution in [0.25, 0.3) is 10.4 Å². The van der Waals surface area contributed by atoms with Gasteiger partial charge in [0.15, 0.2) is 5.13 Å². The van der Waals surface area contributed by atoms with E-state index in [2.05, 4.69) is 47.5 Å². The van der Waals surface area contributed by atoms with Crippen molar-refractivity contribution in [3.8, 4) is 10.4 Å². The van der Waals surface area contributed by atoms with Gasteiger partial charge in [0, 0.05) is 31.2 Å². The number of thiazole rings is 1. The number of carbonyl (C=O) groups is 1. The zero-order valence-electron chi connectivity index (χ0n) is 21.2. The van der Waals surface area contributed by atoms with E-state index in [0.717, 1.165) is 46.5 Å². The smallest absolute Gasteiger partial charge is 0.410 e. The lowest BCUT2D eigenvalue weighted by Gasteiger charge is -2.43. The van der Waals surface area contributed by atoms with Crippen molar-refractivity contribution in [3.05, 3.63) is 60.4 Å². The summed E-state index contributed by atoms with van der Waals surface area (Å²) >= 11 is 1.61. The van der Waals surface area contributed by atoms with Gasteiger partial charge in [0.25, 0.3) is 0 Å². The highest BCUT2D eigenvalue weighted by molar-refractivity contribution is 7.18. The number of hydrogen-bond donors (Lipinski definition) is 1. The fraction of sp³-hybridized carbons (Fsp3) is 0.444. The zero-order chi connectivity index (χ0) is 25.1. The Morgan fingerprint density at radius 3 is 2.49 bits per heavy atom. The molecular weight excluding hydrogens is 458 g/mol. The van der Waals surface area contributed by atoms with Crippen molar-refractivity contribution in [2.75, 3.05) is 39.0 Å². The molecule has 0 unspecified atom stereocenters. The summed E-state index contributed by atoms with van der Waals surface area (Å²) in [4.78, 5) is 27.3. The molecule has 3 heterocycles. The van der Waals surface area contributed by atoms with Crippen LogP contribution in [0.4, 0.5) is 15.7 Å². The molecule has 3 aromatic rings. The van der Waals surface area contributed by atoms with Gasteiger partial charge in [-0.05, 0) is 65.4 Å². The van der Waals surface area contributed by atoms with Crippen LogP contribution >= 0.6 is 11.3 Å². The molecule has 1 aliphatic heterocycles. The summed E-state index contributed by atoms with van der Waals surface area (Å²) in [6.07, 6.45) is 3.32. The molecule has 1 N–H and O–H groups in total. The quantitative estimate of drug-likeness (QED) is 0.469. The number of likely N-dealkylation sites (tertiary alicyclic amines) is 1. The van der Waals surface area contributed by atoms with Crippen molar-refractivity contribution in [1.29, 1.82) is 0 Å². The molecule has 0 saturated carbocycles. The Morgan fingerprint density at radius 2 is 1.83 bits per heavy atom. The molecule has 1 aliphatic rings. The topological polar surface area (TPSA) is 70.6 Å². The second kappa shape index (κ2) is 10.3. The molecular formula is C27H35N5O2S. The summed E-state index contributed by atoms with van der Waals surface area (Å²) < 4.78 is 5.60. The molecule has 1 fully saturated rings. The largest absolute Gasteiger partial charge is 0.444 e. The number of aromatic nitrogens is 2. The summed E-state index contributed by atoms with van der Waals surface area (Å²) in [6, 6.07) is 16.4. The lowest BCUT2D eigenvalue weighted by molar-refractivity contribution is 0.0147. The van der Waals surface area contributed by atoms with E-state index in [4.69, 9.17) is 9.72 Å². The van der Waals surface area contributed by atoms with Crippen molar-refractivity contribution in [2.45, 2.75) is 44.6 Å². The third-order valence-electron chi connectivity index (χ3n) is 6.08. The lowest BCUT2D eigenvalue weighted by Crippen LogP contribution is -2.50. The van der Waals surface area contributed by atoms with E-state index in [1.165, 1.54) is 0 Å². The van der Waals surface area contributed by atoms with Crippen molar-refractivity contribution in [3.63, 3.8) is 0 Å². The Balaban J connectivity index is 1.50. The molecule has 8 heteroatoms. The van der Waals surface area contributed by atoms with E-state index in [0.29, 0.717) is 13.1 Å². The number of nitrogens with one attached hydrogen (secondary N) is 1. The highest BCUT2D eigenvalue weighted by Gasteiger charge is 2.40. The van der Waals surface area contributed by atoms with Gasteiger partial charge in [-0.3, -0.25) is 0 Å². The maximum Gasteiger partial charge on any atom is 0.410 e. The van der Waals surface area contributed by atoms with E-state index < -0.39 is 5.60 Å². The average molecular weight is 494 g/mol. The Bertz CT molecular complexity index is 1130. The predicted octanol–water partition coefficient (Wildman–Crippen LogP) is 5.78. The monoisotopic (exact) mass is 493 g/mol. The van der Waals surface area contributed by atoms with Gasteiger partial charge in [0.1, 0.15) is 11.4 Å². The molecule has 0 atom stereocenters. The maximum absolute atomic E-state index is 12.6. The predicted molar refractivity (Wildman–Crippen MR) is 142 cm³/mol. The van der Waals surface area contributed by atoms with Crippen LogP contribution in [0, 0.1) is 0 Å². The molecule has 7 nitrogen and oxygen atoms in total. The number of ether oxygens (including phenoxy) is 1. The first-order valence-electron chi connectivity index (χ1n) is 12.0. The summed E-state index contributed by atoms with van der Waals surface area (Å²) in [5, 5.41) is 4.21. The highest BCUT2D eigenvalue weighted by Crippen LogP contribution is 2.37. The normalized spacial score (nSPS) is 15.8. The second-order valence-electron chi connectivity index (χ2n) is 10.4. The molecule has 4 rings (SSSR count). The Kier molecular flexibility index (Phi) is 7.42. The van der Waals surface area contributed by atoms with Gasteiger partial charge in [0.05, 0.1) is 10.6 Å². The Hall–Kier alpha value is -2.97. The molecule has 35 heavy (non-hydrogen) atoms. The number of hydrogen-bond acceptors (Lipinski definition) is 7. The second-order valence-corrected chi connectivity index (χ2v) is 11.4. The van der Waals surface area contributed by atoms with Crippen LogP contribution in [-0.4, -0.2) is 65.2 Å². The van der Waals surface area contributed by atoms with E-state index in [-0.39, 0.29) is 11.5 Å². The van der Waals surface area contributed by atoms with Gasteiger partial charge < -0.3 is 19.9 Å². The number of pyridine rings is 1. The number of piperidine rings is 1. The molecule has 2 aromatic heterocycles. The van der Waals surface area contributed by atoms with Crippen molar-refractivity contribution in [1.82, 2.24) is 19.8 Å². The highest BCUT2D eigenvalue weighted by atomic mass is 32.1. The minimum absolute atomic E-state index is 0.141. The molecule has 186 valence electrons. The van der Waals surface area contributed by atoms with Gasteiger partial charge >= 0.3 is 6.09 Å². The number of likely N-dealkylation sites (N-methyl/N-ethyl adjacent to an activating group) is 1. The molecule has 0 bridgehead atoms. The zero-order valence-corrected chi connectivity index (χ0v) is 22.1. The standard InChI is InChI=1S/C27H35N5O2S/c1-26(2,3)34-25(33)32-16-14-27(15-17-32,19-31(4)5)22-12-9-13-23(29-22)30-24-28-18-21(35-24)20-10-7-6-8-11-20/h6-13,18H,14-17,19H2,1-5H3,(H,28,29,30). The van der Waals surface area contributed by atoms with Gasteiger partial charge in [0.2, 0.25) is 0 Å². The third kappa shape index (κ3) is 6.38. The minimum Gasteiger partial charge on any atom is -0.444 e. The van der Waals surface area contributed by atoms with Crippen molar-refractivity contribution >= 4 is 28.4 Å². The number of rotatable bonds is 6. The van der Waals surface area contributed by atoms with Crippen LogP contribution in [-0.2, 0) is 10.2 Å². The maximum atomic E-state index is 12.6. The summed E-state index contributed by atoms with van der Waals surface area (Å²) in [5.41, 5.74) is 1.56. The summed E-state index contributed by atoms with van der Waals surface area (Å²) in [5.74, 6) is 0.782. The van der Waals surface area contributed by atoms with Crippen LogP contribution < -0.4 is 5.32 Å². The van der Waals surface area contributed by atoms with Gasteiger partial charge in [-0.25, -0.2) is 14.8 Å². The average Bonchev–Trinajstić information content (AvgIpc) is 3.27. The Labute approximate surface area is 212 Å². The van der Waals surface area contributed by atoms with Crippen molar-refractivity contribution < 1.29 is 9.53 Å². The van der Waals surface area contributed by atoms with Gasteiger partial charge in [-0.15, -0.1) is 0 Å². The van der Waals surface area contributed by atoms with Gasteiger partial charge in [-0.1, -0.05) is 47.7 Å². The molecule has 1 aromatic carbocycles. The number of carbonyl (C=O) groups excluding carboxylic acids is 1. The van der Waals surface area contributed by atoms with Crippen LogP contribution in [0.3, 0.4) is 0 Å². The fourth-order valence-electron chi connectivity index (χ4n) is 4.52. The molecule has 0 radical (unpaired) electrons. The van der Waals surface area contributed by atoms with Crippen LogP contribution in [0.15, 0.2) is 54.7 Å². The molecule has 1 saturated heterocycles. The third-order valence-corrected chi connectivity index (χ3v) is 7.04. The summed E-state index contributed by atoms with van der Waals surface area (Å²) in [7, 11) is 4.18. The number of benzene rings is 1. The number of nitrogens with zero attached hydrogens (tertiary/aromatic N) is 4. The minimum atomic E-state index is -0.493. The van der Waals surface area contributed by atoms with Crippen LogP contribution in [0.1, 0.15) is 39.3 Å². The van der Waals surface area contributed by atoms with E-state index in [1.807, 2.05) is 62.2 Å². The van der Waals surface area contributed by atoms with Crippen LogP contribution in [0.5, 0.6) is 0 Å².